The molecule has 1 saturated heterocycles. The van der Waals surface area contributed by atoms with E-state index in [-0.39, 0.29) is 24.3 Å². The molecule has 2 aromatic carbocycles. The lowest BCUT2D eigenvalue weighted by Gasteiger charge is -2.27. The average Bonchev–Trinajstić information content (AvgIpc) is 3.25. The van der Waals surface area contributed by atoms with E-state index in [0.717, 1.165) is 10.5 Å². The molecule has 228 valence electrons. The van der Waals surface area contributed by atoms with Crippen LogP contribution < -0.4 is 9.64 Å². The molecule has 2 aromatic rings. The number of methoxy groups -OCH3 is 1. The van der Waals surface area contributed by atoms with Gasteiger partial charge < -0.3 is 33.7 Å². The Balaban J connectivity index is 1.74. The van der Waals surface area contributed by atoms with Crippen molar-refractivity contribution in [1.29, 1.82) is 0 Å². The summed E-state index contributed by atoms with van der Waals surface area (Å²) in [5, 5.41) is 10.8. The third kappa shape index (κ3) is 7.65. The topological polar surface area (TPSA) is 104 Å². The molecule has 2 radical (unpaired) electrons. The van der Waals surface area contributed by atoms with Gasteiger partial charge in [0.2, 0.25) is 7.85 Å². The molecule has 11 heteroatoms. The molecule has 43 heavy (non-hydrogen) atoms. The normalized spacial score (nSPS) is 25.5. The zero-order valence-electron chi connectivity index (χ0n) is 25.2. The number of aromatic hydroxyl groups is 1. The van der Waals surface area contributed by atoms with Crippen molar-refractivity contribution < 1.29 is 42.8 Å². The summed E-state index contributed by atoms with van der Waals surface area (Å²) in [5.74, 6) is -3.43. The molecule has 1 N–H and O–H groups in total. The lowest BCUT2D eigenvalue weighted by atomic mass is 9.97. The maximum atomic E-state index is 16.1. The second-order valence-electron chi connectivity index (χ2n) is 11.2. The molecular formula is C32H37BFNO8. The lowest BCUT2D eigenvalue weighted by molar-refractivity contribution is -0.158. The highest BCUT2D eigenvalue weighted by Gasteiger charge is 2.46. The fourth-order valence-corrected chi connectivity index (χ4v) is 4.99. The van der Waals surface area contributed by atoms with E-state index < -0.39 is 59.5 Å². The predicted octanol–water partition coefficient (Wildman–Crippen LogP) is 5.68. The second-order valence-corrected chi connectivity index (χ2v) is 11.2. The highest BCUT2D eigenvalue weighted by Crippen LogP contribution is 2.37. The summed E-state index contributed by atoms with van der Waals surface area (Å²) < 4.78 is 45.5. The number of hydrogen-bond acceptors (Lipinski definition) is 8. The zero-order valence-corrected chi connectivity index (χ0v) is 25.2. The van der Waals surface area contributed by atoms with Crippen LogP contribution in [0, 0.1) is 5.92 Å². The Kier molecular flexibility index (Phi) is 9.99. The van der Waals surface area contributed by atoms with Crippen LogP contribution in [0.3, 0.4) is 0 Å². The zero-order chi connectivity index (χ0) is 31.5. The van der Waals surface area contributed by atoms with Crippen molar-refractivity contribution in [3.05, 3.63) is 71.1 Å². The minimum Gasteiger partial charge on any atom is -0.507 e. The number of hydrogen-bond donors (Lipinski definition) is 1. The van der Waals surface area contributed by atoms with Gasteiger partial charge in [0.1, 0.15) is 41.2 Å². The Labute approximate surface area is 252 Å². The molecule has 5 atom stereocenters. The van der Waals surface area contributed by atoms with Gasteiger partial charge in [0, 0.05) is 24.7 Å². The van der Waals surface area contributed by atoms with Gasteiger partial charge in [-0.15, -0.1) is 0 Å². The first-order valence-electron chi connectivity index (χ1n) is 14.0. The van der Waals surface area contributed by atoms with Crippen LogP contribution in [0.1, 0.15) is 55.6 Å². The van der Waals surface area contributed by atoms with Gasteiger partial charge in [-0.3, -0.25) is 4.79 Å². The van der Waals surface area contributed by atoms with Crippen molar-refractivity contribution in [3.8, 4) is 11.5 Å². The molecule has 0 bridgehead atoms. The number of phenolic OH excluding ortho intramolecular Hbond substituents is 1. The summed E-state index contributed by atoms with van der Waals surface area (Å²) >= 11 is 0. The quantitative estimate of drug-likeness (QED) is 0.349. The molecule has 0 aliphatic carbocycles. The van der Waals surface area contributed by atoms with Gasteiger partial charge in [0.25, 0.3) is 0 Å². The largest absolute Gasteiger partial charge is 0.507 e. The van der Waals surface area contributed by atoms with E-state index in [0.29, 0.717) is 11.3 Å². The molecule has 0 aromatic heterocycles. The van der Waals surface area contributed by atoms with Crippen LogP contribution in [0.4, 0.5) is 14.9 Å². The number of benzene rings is 2. The predicted molar refractivity (Wildman–Crippen MR) is 160 cm³/mol. The van der Waals surface area contributed by atoms with Gasteiger partial charge in [0.05, 0.1) is 19.8 Å². The van der Waals surface area contributed by atoms with Gasteiger partial charge in [-0.05, 0) is 62.6 Å². The number of carbonyl (C=O) groups excluding carboxylic acids is 2. The summed E-state index contributed by atoms with van der Waals surface area (Å²) in [6, 6.07) is 10.1. The SMILES string of the molecule is [B]C(=O)N(C)c1cc(O)c2c(c1)C=CC[C@@H]1OC(C)(C)O[C@@H]1[C@H](OCc1ccc(OC)cc1)C(F)=C[C@@H](C)[C@H](C)OC2=O. The van der Waals surface area contributed by atoms with Crippen molar-refractivity contribution in [3.63, 3.8) is 0 Å². The van der Waals surface area contributed by atoms with Crippen LogP contribution in [0.15, 0.2) is 54.4 Å². The highest BCUT2D eigenvalue weighted by molar-refractivity contribution is 6.60. The molecular weight excluding hydrogens is 556 g/mol. The number of nitrogens with zero attached hydrogens (tertiary/aromatic N) is 1. The van der Waals surface area contributed by atoms with Gasteiger partial charge >= 0.3 is 5.97 Å². The van der Waals surface area contributed by atoms with Crippen molar-refractivity contribution in [2.75, 3.05) is 19.1 Å². The third-order valence-electron chi connectivity index (χ3n) is 7.56. The molecule has 0 saturated carbocycles. The molecule has 4 rings (SSSR count). The van der Waals surface area contributed by atoms with Crippen LogP contribution >= 0.6 is 0 Å². The van der Waals surface area contributed by atoms with Crippen LogP contribution in [-0.2, 0) is 25.6 Å². The van der Waals surface area contributed by atoms with Crippen LogP contribution in [-0.4, -0.2) is 69.1 Å². The fourth-order valence-electron chi connectivity index (χ4n) is 4.99. The first-order valence-corrected chi connectivity index (χ1v) is 14.0. The maximum absolute atomic E-state index is 16.1. The van der Waals surface area contributed by atoms with Gasteiger partial charge in [-0.2, -0.15) is 0 Å². The minimum atomic E-state index is -1.12. The summed E-state index contributed by atoms with van der Waals surface area (Å²) in [7, 11) is 8.44. The number of halogens is 1. The van der Waals surface area contributed by atoms with Crippen molar-refractivity contribution >= 4 is 31.4 Å². The van der Waals surface area contributed by atoms with Gasteiger partial charge in [-0.1, -0.05) is 31.2 Å². The lowest BCUT2D eigenvalue weighted by Crippen LogP contribution is -2.38. The molecule has 2 heterocycles. The number of fused-ring (bicyclic) bond motifs is 2. The number of carbonyl (C=O) groups is 2. The van der Waals surface area contributed by atoms with Crippen LogP contribution in [0.2, 0.25) is 0 Å². The smallest absolute Gasteiger partial charge is 0.342 e. The summed E-state index contributed by atoms with van der Waals surface area (Å²) in [6.07, 6.45) is 1.60. The number of amides is 1. The van der Waals surface area contributed by atoms with Crippen molar-refractivity contribution in [2.24, 2.45) is 5.92 Å². The Morgan fingerprint density at radius 1 is 1.19 bits per heavy atom. The number of rotatable bonds is 5. The molecule has 2 aliphatic heterocycles. The maximum Gasteiger partial charge on any atom is 0.342 e. The number of esters is 1. The van der Waals surface area contributed by atoms with Gasteiger partial charge in [0.15, 0.2) is 11.6 Å². The molecule has 0 unspecified atom stereocenters. The molecule has 9 nitrogen and oxygen atoms in total. The van der Waals surface area contributed by atoms with E-state index in [1.807, 2.05) is 12.1 Å². The average molecular weight is 593 g/mol. The van der Waals surface area contributed by atoms with E-state index in [9.17, 15) is 14.7 Å². The van der Waals surface area contributed by atoms with E-state index in [4.69, 9.17) is 31.5 Å². The van der Waals surface area contributed by atoms with E-state index >= 15 is 4.39 Å². The van der Waals surface area contributed by atoms with Gasteiger partial charge in [-0.25, -0.2) is 9.18 Å². The van der Waals surface area contributed by atoms with Crippen molar-refractivity contribution in [1.82, 2.24) is 0 Å². The first kappa shape index (κ1) is 32.3. The molecule has 1 fully saturated rings. The molecule has 0 spiro atoms. The van der Waals surface area contributed by atoms with E-state index in [1.165, 1.54) is 19.2 Å². The fraction of sp³-hybridized carbons (Fsp3) is 0.438. The number of anilines is 1. The number of phenols is 1. The second kappa shape index (κ2) is 13.3. The Morgan fingerprint density at radius 2 is 1.88 bits per heavy atom. The van der Waals surface area contributed by atoms with Crippen LogP contribution in [0.5, 0.6) is 11.5 Å². The summed E-state index contributed by atoms with van der Waals surface area (Å²) in [6.45, 7) is 6.94. The standard InChI is InChI=1S/C32H37BFNO8/c1-18-14-24(34)28(40-17-20-10-12-23(39-6)13-11-20)29-26(42-32(3,4)43-29)9-7-8-21-15-22(35(5)31(33)38)16-25(36)27(21)30(37)41-19(18)2/h7-8,10-16,18-19,26,28-29,36H,9,17H2,1-6H3/t18-,19+,26+,28-,29+/m1/s1. The van der Waals surface area contributed by atoms with E-state index in [2.05, 4.69) is 0 Å². The first-order chi connectivity index (χ1) is 20.3. The minimum absolute atomic E-state index is 0.0976. The monoisotopic (exact) mass is 593 g/mol. The number of cyclic esters (lactones) is 1. The van der Waals surface area contributed by atoms with E-state index in [1.54, 1.807) is 65.2 Å². The number of ether oxygens (including phenoxy) is 5. The Hall–Kier alpha value is -3.67. The molecule has 1 amide bonds. The Morgan fingerprint density at radius 3 is 2.53 bits per heavy atom. The van der Waals surface area contributed by atoms with Crippen molar-refractivity contribution in [2.45, 2.75) is 70.9 Å². The Bertz CT molecular complexity index is 1390. The third-order valence-corrected chi connectivity index (χ3v) is 7.56. The summed E-state index contributed by atoms with van der Waals surface area (Å²) in [4.78, 5) is 26.2. The highest BCUT2D eigenvalue weighted by atomic mass is 19.1. The molecule has 2 aliphatic rings. The summed E-state index contributed by atoms with van der Waals surface area (Å²) in [5.41, 5.74) is 1.29. The van der Waals surface area contributed by atoms with Crippen LogP contribution in [0.25, 0.3) is 6.08 Å².